The molecule has 92 valence electrons. The van der Waals surface area contributed by atoms with Gasteiger partial charge in [0.25, 0.3) is 5.91 Å². The zero-order valence-corrected chi connectivity index (χ0v) is 11.5. The van der Waals surface area contributed by atoms with E-state index in [1.54, 1.807) is 24.3 Å². The number of phenols is 1. The third kappa shape index (κ3) is 3.03. The van der Waals surface area contributed by atoms with E-state index in [2.05, 4.69) is 21.2 Å². The normalized spacial score (nSPS) is 10.1. The molecule has 0 bridgehead atoms. The molecule has 2 aromatic rings. The maximum atomic E-state index is 11.9. The largest absolute Gasteiger partial charge is 0.506 e. The molecule has 0 spiro atoms. The molecule has 0 saturated heterocycles. The van der Waals surface area contributed by atoms with Crippen LogP contribution in [-0.4, -0.2) is 11.0 Å². The third-order valence-electron chi connectivity index (χ3n) is 2.29. The Kier molecular flexibility index (Phi) is 3.89. The number of carbonyl (C=O) groups is 1. The molecule has 0 unspecified atom stereocenters. The molecular formula is C13H9BrClNO2. The SMILES string of the molecule is O=C(Nc1cc(Cl)ccc1O)c1cccc(Br)c1. The summed E-state index contributed by atoms with van der Waals surface area (Å²) in [6, 6.07) is 11.4. The maximum absolute atomic E-state index is 11.9. The van der Waals surface area contributed by atoms with Crippen LogP contribution in [0.2, 0.25) is 5.02 Å². The van der Waals surface area contributed by atoms with Gasteiger partial charge in [-0.1, -0.05) is 33.6 Å². The summed E-state index contributed by atoms with van der Waals surface area (Å²) in [5.74, 6) is -0.336. The highest BCUT2D eigenvalue weighted by atomic mass is 79.9. The minimum Gasteiger partial charge on any atom is -0.506 e. The Balaban J connectivity index is 2.24. The standard InChI is InChI=1S/C13H9BrClNO2/c14-9-3-1-2-8(6-9)13(18)16-11-7-10(15)4-5-12(11)17/h1-7,17H,(H,16,18). The van der Waals surface area contributed by atoms with Gasteiger partial charge < -0.3 is 10.4 Å². The second kappa shape index (κ2) is 5.42. The molecule has 1 amide bonds. The highest BCUT2D eigenvalue weighted by Gasteiger charge is 2.09. The van der Waals surface area contributed by atoms with E-state index < -0.39 is 0 Å². The molecule has 0 atom stereocenters. The van der Waals surface area contributed by atoms with Crippen molar-refractivity contribution in [1.29, 1.82) is 0 Å². The highest BCUT2D eigenvalue weighted by Crippen LogP contribution is 2.27. The van der Waals surface area contributed by atoms with Gasteiger partial charge in [0.05, 0.1) is 5.69 Å². The van der Waals surface area contributed by atoms with E-state index in [0.717, 1.165) is 4.47 Å². The second-order valence-electron chi connectivity index (χ2n) is 3.63. The lowest BCUT2D eigenvalue weighted by Gasteiger charge is -2.07. The topological polar surface area (TPSA) is 49.3 Å². The van der Waals surface area contributed by atoms with Gasteiger partial charge in [-0.3, -0.25) is 4.79 Å². The number of anilines is 1. The van der Waals surface area contributed by atoms with Crippen LogP contribution in [0.15, 0.2) is 46.9 Å². The van der Waals surface area contributed by atoms with Gasteiger partial charge in [0.1, 0.15) is 5.75 Å². The van der Waals surface area contributed by atoms with Gasteiger partial charge >= 0.3 is 0 Å². The molecule has 0 fully saturated rings. The minimum absolute atomic E-state index is 0.0252. The van der Waals surface area contributed by atoms with Gasteiger partial charge in [-0.15, -0.1) is 0 Å². The highest BCUT2D eigenvalue weighted by molar-refractivity contribution is 9.10. The lowest BCUT2D eigenvalue weighted by Crippen LogP contribution is -2.11. The molecule has 0 heterocycles. The second-order valence-corrected chi connectivity index (χ2v) is 4.98. The van der Waals surface area contributed by atoms with Gasteiger partial charge in [0.15, 0.2) is 0 Å². The van der Waals surface area contributed by atoms with Crippen LogP contribution in [0.25, 0.3) is 0 Å². The molecule has 3 nitrogen and oxygen atoms in total. The molecule has 0 saturated carbocycles. The van der Waals surface area contributed by atoms with Crippen molar-refractivity contribution in [3.8, 4) is 5.75 Å². The molecule has 5 heteroatoms. The Bertz CT molecular complexity index is 601. The number of aromatic hydroxyl groups is 1. The Hall–Kier alpha value is -1.52. The summed E-state index contributed by atoms with van der Waals surface area (Å²) in [5.41, 5.74) is 0.774. The summed E-state index contributed by atoms with van der Waals surface area (Å²) in [6.45, 7) is 0. The van der Waals surface area contributed by atoms with E-state index in [4.69, 9.17) is 11.6 Å². The number of amides is 1. The van der Waals surface area contributed by atoms with Gasteiger partial charge in [0.2, 0.25) is 0 Å². The molecule has 0 radical (unpaired) electrons. The van der Waals surface area contributed by atoms with E-state index >= 15 is 0 Å². The number of phenolic OH excluding ortho intramolecular Hbond substituents is 1. The van der Waals surface area contributed by atoms with Gasteiger partial charge in [0, 0.05) is 15.1 Å². The Labute approximate surface area is 118 Å². The molecule has 18 heavy (non-hydrogen) atoms. The molecular weight excluding hydrogens is 318 g/mol. The van der Waals surface area contributed by atoms with Crippen molar-refractivity contribution >= 4 is 39.1 Å². The summed E-state index contributed by atoms with van der Waals surface area (Å²) in [6.07, 6.45) is 0. The van der Waals surface area contributed by atoms with Crippen molar-refractivity contribution in [2.75, 3.05) is 5.32 Å². The Morgan fingerprint density at radius 2 is 2.00 bits per heavy atom. The summed E-state index contributed by atoms with van der Waals surface area (Å²) in [7, 11) is 0. The number of carbonyl (C=O) groups excluding carboxylic acids is 1. The summed E-state index contributed by atoms with van der Waals surface area (Å²) in [5, 5.41) is 12.6. The van der Waals surface area contributed by atoms with Crippen molar-refractivity contribution in [3.05, 3.63) is 57.5 Å². The fraction of sp³-hybridized carbons (Fsp3) is 0. The lowest BCUT2D eigenvalue weighted by atomic mass is 10.2. The minimum atomic E-state index is -0.311. The first-order valence-electron chi connectivity index (χ1n) is 5.12. The molecule has 0 aliphatic rings. The van der Waals surface area contributed by atoms with E-state index in [9.17, 15) is 9.90 Å². The zero-order valence-electron chi connectivity index (χ0n) is 9.15. The first kappa shape index (κ1) is 12.9. The van der Waals surface area contributed by atoms with Gasteiger partial charge in [-0.25, -0.2) is 0 Å². The number of hydrogen-bond acceptors (Lipinski definition) is 2. The first-order valence-corrected chi connectivity index (χ1v) is 6.29. The van der Waals surface area contributed by atoms with Crippen LogP contribution in [0.3, 0.4) is 0 Å². The predicted octanol–water partition coefficient (Wildman–Crippen LogP) is 4.06. The molecule has 2 aromatic carbocycles. The fourth-order valence-electron chi connectivity index (χ4n) is 1.43. The van der Waals surface area contributed by atoms with E-state index in [1.165, 1.54) is 12.1 Å². The first-order chi connectivity index (χ1) is 8.56. The van der Waals surface area contributed by atoms with Crippen LogP contribution in [0.5, 0.6) is 5.75 Å². The van der Waals surface area contributed by atoms with E-state index in [1.807, 2.05) is 6.07 Å². The van der Waals surface area contributed by atoms with Crippen LogP contribution < -0.4 is 5.32 Å². The summed E-state index contributed by atoms with van der Waals surface area (Å²) in [4.78, 5) is 11.9. The fourth-order valence-corrected chi connectivity index (χ4v) is 2.00. The van der Waals surface area contributed by atoms with E-state index in [-0.39, 0.29) is 17.3 Å². The van der Waals surface area contributed by atoms with Crippen LogP contribution in [0.4, 0.5) is 5.69 Å². The summed E-state index contributed by atoms with van der Waals surface area (Å²) >= 11 is 9.09. The van der Waals surface area contributed by atoms with Crippen molar-refractivity contribution in [2.45, 2.75) is 0 Å². The van der Waals surface area contributed by atoms with Crippen molar-refractivity contribution in [1.82, 2.24) is 0 Å². The third-order valence-corrected chi connectivity index (χ3v) is 3.02. The Morgan fingerprint density at radius 3 is 2.72 bits per heavy atom. The quantitative estimate of drug-likeness (QED) is 0.818. The average Bonchev–Trinajstić information content (AvgIpc) is 2.34. The van der Waals surface area contributed by atoms with Gasteiger partial charge in [-0.05, 0) is 36.4 Å². The average molecular weight is 327 g/mol. The lowest BCUT2D eigenvalue weighted by molar-refractivity contribution is 0.102. The van der Waals surface area contributed by atoms with Crippen molar-refractivity contribution < 1.29 is 9.90 Å². The van der Waals surface area contributed by atoms with Crippen molar-refractivity contribution in [2.24, 2.45) is 0 Å². The zero-order chi connectivity index (χ0) is 13.1. The smallest absolute Gasteiger partial charge is 0.255 e. The number of hydrogen-bond donors (Lipinski definition) is 2. The van der Waals surface area contributed by atoms with Crippen LogP contribution in [0, 0.1) is 0 Å². The number of nitrogens with one attached hydrogen (secondary N) is 1. The monoisotopic (exact) mass is 325 g/mol. The molecule has 2 N–H and O–H groups in total. The van der Waals surface area contributed by atoms with Crippen LogP contribution in [0.1, 0.15) is 10.4 Å². The molecule has 0 aromatic heterocycles. The molecule has 0 aliphatic carbocycles. The molecule has 0 aliphatic heterocycles. The van der Waals surface area contributed by atoms with Crippen LogP contribution >= 0.6 is 27.5 Å². The number of benzene rings is 2. The van der Waals surface area contributed by atoms with E-state index in [0.29, 0.717) is 10.6 Å². The van der Waals surface area contributed by atoms with Crippen molar-refractivity contribution in [3.63, 3.8) is 0 Å². The Morgan fingerprint density at radius 1 is 1.22 bits per heavy atom. The predicted molar refractivity (Wildman–Crippen MR) is 75.2 cm³/mol. The number of rotatable bonds is 2. The maximum Gasteiger partial charge on any atom is 0.255 e. The number of halogens is 2. The molecule has 2 rings (SSSR count). The van der Waals surface area contributed by atoms with Crippen LogP contribution in [-0.2, 0) is 0 Å². The summed E-state index contributed by atoms with van der Waals surface area (Å²) < 4.78 is 0.811. The van der Waals surface area contributed by atoms with Gasteiger partial charge in [-0.2, -0.15) is 0 Å².